The Morgan fingerprint density at radius 1 is 1.21 bits per heavy atom. The van der Waals surface area contributed by atoms with E-state index in [0.717, 1.165) is 17.8 Å². The molecule has 2 rings (SSSR count). The highest BCUT2D eigenvalue weighted by Crippen LogP contribution is 2.29. The van der Waals surface area contributed by atoms with Crippen LogP contribution < -0.4 is 0 Å². The molecule has 1 aromatic carbocycles. The molecule has 0 fully saturated rings. The van der Waals surface area contributed by atoms with Crippen molar-refractivity contribution in [3.05, 3.63) is 41.2 Å². The van der Waals surface area contributed by atoms with Crippen LogP contribution in [0.4, 0.5) is 13.2 Å². The van der Waals surface area contributed by atoms with Gasteiger partial charge in [-0.05, 0) is 30.7 Å². The van der Waals surface area contributed by atoms with Gasteiger partial charge in [-0.15, -0.1) is 16.7 Å². The lowest BCUT2D eigenvalue weighted by Gasteiger charge is -2.09. The average molecular weight is 290 g/mol. The van der Waals surface area contributed by atoms with Gasteiger partial charge in [-0.2, -0.15) is 13.2 Å². The van der Waals surface area contributed by atoms with E-state index in [4.69, 9.17) is 11.6 Å². The van der Waals surface area contributed by atoms with Crippen LogP contribution in [0.25, 0.3) is 5.69 Å². The van der Waals surface area contributed by atoms with Gasteiger partial charge in [0.1, 0.15) is 5.69 Å². The minimum Gasteiger partial charge on any atom is -0.217 e. The van der Waals surface area contributed by atoms with Crippen LogP contribution in [-0.4, -0.2) is 15.0 Å². The van der Waals surface area contributed by atoms with E-state index in [1.54, 1.807) is 0 Å². The Kier molecular flexibility index (Phi) is 3.80. The molecule has 2 aromatic rings. The highest BCUT2D eigenvalue weighted by atomic mass is 35.5. The second kappa shape index (κ2) is 5.21. The minimum absolute atomic E-state index is 0.226. The summed E-state index contributed by atoms with van der Waals surface area (Å²) < 4.78 is 38.9. The van der Waals surface area contributed by atoms with Crippen molar-refractivity contribution in [1.29, 1.82) is 0 Å². The van der Waals surface area contributed by atoms with E-state index in [-0.39, 0.29) is 5.88 Å². The second-order valence-electron chi connectivity index (χ2n) is 3.93. The van der Waals surface area contributed by atoms with Crippen molar-refractivity contribution in [2.75, 3.05) is 0 Å². The molecule has 0 aliphatic carbocycles. The Morgan fingerprint density at radius 3 is 2.32 bits per heavy atom. The topological polar surface area (TPSA) is 30.7 Å². The average Bonchev–Trinajstić information content (AvgIpc) is 2.80. The Balaban J connectivity index is 2.40. The maximum atomic E-state index is 12.5. The summed E-state index contributed by atoms with van der Waals surface area (Å²) in [5.74, 6) is 0.226. The molecule has 0 bridgehead atoms. The number of alkyl halides is 4. The summed E-state index contributed by atoms with van der Waals surface area (Å²) in [6.07, 6.45) is -3.69. The molecule has 0 saturated carbocycles. The van der Waals surface area contributed by atoms with Crippen LogP contribution in [0.5, 0.6) is 0 Å². The van der Waals surface area contributed by atoms with Gasteiger partial charge in [0.25, 0.3) is 0 Å². The fourth-order valence-electron chi connectivity index (χ4n) is 1.79. The van der Waals surface area contributed by atoms with E-state index in [1.807, 2.05) is 6.92 Å². The first-order chi connectivity index (χ1) is 8.97. The molecule has 0 N–H and O–H groups in total. The molecular weight excluding hydrogens is 279 g/mol. The lowest BCUT2D eigenvalue weighted by atomic mass is 10.2. The van der Waals surface area contributed by atoms with Crippen molar-refractivity contribution in [3.8, 4) is 5.69 Å². The smallest absolute Gasteiger partial charge is 0.217 e. The molecule has 0 aliphatic heterocycles. The molecule has 19 heavy (non-hydrogen) atoms. The minimum atomic E-state index is -4.34. The van der Waals surface area contributed by atoms with E-state index < -0.39 is 11.7 Å². The van der Waals surface area contributed by atoms with Gasteiger partial charge in [-0.25, -0.2) is 4.68 Å². The fourth-order valence-corrected chi connectivity index (χ4v) is 2.00. The van der Waals surface area contributed by atoms with Crippen molar-refractivity contribution in [3.63, 3.8) is 0 Å². The standard InChI is InChI=1S/C12H11ClF3N3/c1-2-11-10(7-13)17-18-19(11)9-5-3-8(4-6-9)12(14,15)16/h3-6H,2,7H2,1H3. The third-order valence-electron chi connectivity index (χ3n) is 2.74. The molecule has 1 heterocycles. The predicted octanol–water partition coefficient (Wildman–Crippen LogP) is 3.59. The number of nitrogens with zero attached hydrogens (tertiary/aromatic N) is 3. The summed E-state index contributed by atoms with van der Waals surface area (Å²) in [7, 11) is 0. The summed E-state index contributed by atoms with van der Waals surface area (Å²) in [5, 5.41) is 7.83. The molecular formula is C12H11ClF3N3. The molecule has 0 radical (unpaired) electrons. The summed E-state index contributed by atoms with van der Waals surface area (Å²) in [4.78, 5) is 0. The van der Waals surface area contributed by atoms with Gasteiger partial charge < -0.3 is 0 Å². The van der Waals surface area contributed by atoms with Crippen LogP contribution in [0.1, 0.15) is 23.9 Å². The summed E-state index contributed by atoms with van der Waals surface area (Å²) in [6, 6.07) is 4.79. The second-order valence-corrected chi connectivity index (χ2v) is 4.19. The van der Waals surface area contributed by atoms with Crippen LogP contribution in [0, 0.1) is 0 Å². The highest BCUT2D eigenvalue weighted by molar-refractivity contribution is 6.16. The van der Waals surface area contributed by atoms with Crippen LogP contribution in [0.2, 0.25) is 0 Å². The van der Waals surface area contributed by atoms with Crippen LogP contribution in [0.3, 0.4) is 0 Å². The number of aromatic nitrogens is 3. The van der Waals surface area contributed by atoms with E-state index >= 15 is 0 Å². The van der Waals surface area contributed by atoms with Gasteiger partial charge in [0.05, 0.1) is 22.8 Å². The first kappa shape index (κ1) is 13.9. The van der Waals surface area contributed by atoms with Crippen molar-refractivity contribution < 1.29 is 13.2 Å². The zero-order chi connectivity index (χ0) is 14.0. The Hall–Kier alpha value is -1.56. The molecule has 0 aliphatic rings. The van der Waals surface area contributed by atoms with Crippen LogP contribution in [0.15, 0.2) is 24.3 Å². The fraction of sp³-hybridized carbons (Fsp3) is 0.333. The van der Waals surface area contributed by atoms with E-state index in [1.165, 1.54) is 16.8 Å². The van der Waals surface area contributed by atoms with Crippen molar-refractivity contribution in [2.45, 2.75) is 25.4 Å². The van der Waals surface area contributed by atoms with Crippen molar-refractivity contribution >= 4 is 11.6 Å². The van der Waals surface area contributed by atoms with Gasteiger partial charge >= 0.3 is 6.18 Å². The third kappa shape index (κ3) is 2.73. The van der Waals surface area contributed by atoms with E-state index in [9.17, 15) is 13.2 Å². The van der Waals surface area contributed by atoms with Gasteiger partial charge in [0.15, 0.2) is 0 Å². The molecule has 3 nitrogen and oxygen atoms in total. The molecule has 0 amide bonds. The first-order valence-corrected chi connectivity index (χ1v) is 6.18. The number of benzene rings is 1. The lowest BCUT2D eigenvalue weighted by molar-refractivity contribution is -0.137. The molecule has 0 saturated heterocycles. The molecule has 0 atom stereocenters. The third-order valence-corrected chi connectivity index (χ3v) is 3.00. The maximum Gasteiger partial charge on any atom is 0.416 e. The Bertz CT molecular complexity index is 561. The van der Waals surface area contributed by atoms with E-state index in [0.29, 0.717) is 17.8 Å². The van der Waals surface area contributed by atoms with Crippen molar-refractivity contribution in [2.24, 2.45) is 0 Å². The molecule has 0 spiro atoms. The van der Waals surface area contributed by atoms with Crippen molar-refractivity contribution in [1.82, 2.24) is 15.0 Å². The quantitative estimate of drug-likeness (QED) is 0.809. The number of hydrogen-bond acceptors (Lipinski definition) is 2. The largest absolute Gasteiger partial charge is 0.416 e. The number of hydrogen-bond donors (Lipinski definition) is 0. The summed E-state index contributed by atoms with van der Waals surface area (Å²) in [6.45, 7) is 1.91. The Morgan fingerprint density at radius 2 is 1.84 bits per heavy atom. The van der Waals surface area contributed by atoms with Crippen LogP contribution in [-0.2, 0) is 18.5 Å². The predicted molar refractivity (Wildman–Crippen MR) is 65.3 cm³/mol. The normalized spacial score (nSPS) is 11.8. The summed E-state index contributed by atoms with van der Waals surface area (Å²) in [5.41, 5.74) is 1.29. The Labute approximate surface area is 113 Å². The molecule has 0 unspecified atom stereocenters. The highest BCUT2D eigenvalue weighted by Gasteiger charge is 2.30. The number of rotatable bonds is 3. The molecule has 7 heteroatoms. The molecule has 102 valence electrons. The van der Waals surface area contributed by atoms with Gasteiger partial charge in [0, 0.05) is 0 Å². The molecule has 1 aromatic heterocycles. The monoisotopic (exact) mass is 289 g/mol. The SMILES string of the molecule is CCc1c(CCl)nnn1-c1ccc(C(F)(F)F)cc1. The van der Waals surface area contributed by atoms with Gasteiger partial charge in [0.2, 0.25) is 0 Å². The van der Waals surface area contributed by atoms with E-state index in [2.05, 4.69) is 10.3 Å². The van der Waals surface area contributed by atoms with Gasteiger partial charge in [-0.3, -0.25) is 0 Å². The summed E-state index contributed by atoms with van der Waals surface area (Å²) >= 11 is 5.73. The zero-order valence-corrected chi connectivity index (χ0v) is 10.8. The van der Waals surface area contributed by atoms with Crippen LogP contribution >= 0.6 is 11.6 Å². The van der Waals surface area contributed by atoms with Gasteiger partial charge in [-0.1, -0.05) is 12.1 Å². The maximum absolute atomic E-state index is 12.5. The number of halogens is 4. The first-order valence-electron chi connectivity index (χ1n) is 5.64. The zero-order valence-electron chi connectivity index (χ0n) is 10.1. The lowest BCUT2D eigenvalue weighted by Crippen LogP contribution is -2.06.